The van der Waals surface area contributed by atoms with E-state index in [2.05, 4.69) is 35.8 Å². The molecule has 0 fully saturated rings. The number of H-pyrrole nitrogens is 1. The highest BCUT2D eigenvalue weighted by molar-refractivity contribution is 5.84. The van der Waals surface area contributed by atoms with Crippen molar-refractivity contribution in [3.8, 4) is 0 Å². The number of nitrogens with zero attached hydrogens (tertiary/aromatic N) is 5. The van der Waals surface area contributed by atoms with Crippen molar-refractivity contribution in [1.82, 2.24) is 29.5 Å². The van der Waals surface area contributed by atoms with Crippen LogP contribution in [0.1, 0.15) is 13.8 Å². The molecule has 0 atom stereocenters. The molecule has 3 N–H and O–H groups in total. The number of nitrogens with one attached hydrogen (secondary N) is 3. The summed E-state index contributed by atoms with van der Waals surface area (Å²) in [5, 5.41) is 13.7. The van der Waals surface area contributed by atoms with Gasteiger partial charge in [0.05, 0.1) is 17.1 Å². The van der Waals surface area contributed by atoms with Gasteiger partial charge in [0, 0.05) is 12.4 Å². The maximum Gasteiger partial charge on any atom is 0.414 e. The zero-order valence-electron chi connectivity index (χ0n) is 14.1. The van der Waals surface area contributed by atoms with Crippen molar-refractivity contribution in [1.29, 1.82) is 0 Å². The molecule has 1 amide bonds. The fourth-order valence-corrected chi connectivity index (χ4v) is 2.46. The molecule has 0 aliphatic carbocycles. The molecule has 0 unspecified atom stereocenters. The van der Waals surface area contributed by atoms with E-state index in [1.807, 2.05) is 24.3 Å². The summed E-state index contributed by atoms with van der Waals surface area (Å²) in [5.41, 5.74) is 2.18. The summed E-state index contributed by atoms with van der Waals surface area (Å²) in [4.78, 5) is 23.7. The fraction of sp³-hybridized carbons (Fsp3) is 0.188. The summed E-state index contributed by atoms with van der Waals surface area (Å²) < 4.78 is 6.65. The van der Waals surface area contributed by atoms with Crippen molar-refractivity contribution in [2.75, 3.05) is 10.6 Å². The van der Waals surface area contributed by atoms with Crippen molar-refractivity contribution < 1.29 is 9.53 Å². The monoisotopic (exact) mass is 352 g/mol. The topological polar surface area (TPSA) is 122 Å². The first kappa shape index (κ1) is 15.8. The maximum atomic E-state index is 11.8. The van der Waals surface area contributed by atoms with Crippen molar-refractivity contribution in [2.24, 2.45) is 0 Å². The van der Waals surface area contributed by atoms with Gasteiger partial charge in [-0.15, -0.1) is 10.2 Å². The van der Waals surface area contributed by atoms with Gasteiger partial charge in [-0.3, -0.25) is 9.72 Å². The zero-order chi connectivity index (χ0) is 18.1. The minimum absolute atomic E-state index is 0.235. The van der Waals surface area contributed by atoms with Crippen LogP contribution in [0.25, 0.3) is 16.7 Å². The van der Waals surface area contributed by atoms with E-state index in [-0.39, 0.29) is 12.1 Å². The number of hydrogen-bond donors (Lipinski definition) is 3. The van der Waals surface area contributed by atoms with Crippen LogP contribution in [0.15, 0.2) is 36.7 Å². The van der Waals surface area contributed by atoms with Crippen molar-refractivity contribution >= 4 is 40.5 Å². The molecule has 4 aromatic rings. The van der Waals surface area contributed by atoms with Crippen LogP contribution < -0.4 is 10.6 Å². The lowest BCUT2D eigenvalue weighted by molar-refractivity contribution is 0.129. The van der Waals surface area contributed by atoms with E-state index in [0.29, 0.717) is 17.4 Å². The number of anilines is 3. The minimum Gasteiger partial charge on any atom is -0.447 e. The summed E-state index contributed by atoms with van der Waals surface area (Å²) in [5.74, 6) is 1.22. The van der Waals surface area contributed by atoms with Gasteiger partial charge in [-0.2, -0.15) is 0 Å². The Hall–Kier alpha value is -3.69. The molecule has 10 heteroatoms. The van der Waals surface area contributed by atoms with Gasteiger partial charge in [0.25, 0.3) is 0 Å². The average Bonchev–Trinajstić information content (AvgIpc) is 3.18. The number of carbonyl (C=O) groups excluding carboxylic acids is 1. The maximum absolute atomic E-state index is 11.8. The molecule has 0 spiro atoms. The lowest BCUT2D eigenvalue weighted by Gasteiger charge is -2.08. The van der Waals surface area contributed by atoms with E-state index in [0.717, 1.165) is 11.0 Å². The number of benzene rings is 1. The van der Waals surface area contributed by atoms with E-state index in [1.54, 1.807) is 30.6 Å². The number of aromatic amines is 1. The molecule has 10 nitrogen and oxygen atoms in total. The van der Waals surface area contributed by atoms with E-state index in [4.69, 9.17) is 4.74 Å². The molecule has 1 aromatic carbocycles. The van der Waals surface area contributed by atoms with Crippen LogP contribution in [0.5, 0.6) is 0 Å². The third kappa shape index (κ3) is 2.99. The molecule has 0 saturated carbocycles. The Labute approximate surface area is 147 Å². The molecule has 0 aliphatic heterocycles. The fourth-order valence-electron chi connectivity index (χ4n) is 2.46. The summed E-state index contributed by atoms with van der Waals surface area (Å²) >= 11 is 0. The number of fused-ring (bicyclic) bond motifs is 2. The first-order valence-electron chi connectivity index (χ1n) is 7.99. The second kappa shape index (κ2) is 6.31. The number of ether oxygens (including phenoxy) is 1. The van der Waals surface area contributed by atoms with Crippen LogP contribution in [-0.4, -0.2) is 41.7 Å². The van der Waals surface area contributed by atoms with Gasteiger partial charge in [-0.25, -0.2) is 14.8 Å². The molecule has 4 rings (SSSR count). The summed E-state index contributed by atoms with van der Waals surface area (Å²) in [7, 11) is 0. The Morgan fingerprint density at radius 1 is 1.27 bits per heavy atom. The van der Waals surface area contributed by atoms with Gasteiger partial charge in [0.1, 0.15) is 0 Å². The first-order chi connectivity index (χ1) is 12.6. The van der Waals surface area contributed by atoms with Crippen LogP contribution in [0.3, 0.4) is 0 Å². The Morgan fingerprint density at radius 3 is 2.92 bits per heavy atom. The third-order valence-electron chi connectivity index (χ3n) is 3.51. The summed E-state index contributed by atoms with van der Waals surface area (Å²) in [6.07, 6.45) is 2.38. The van der Waals surface area contributed by atoms with Gasteiger partial charge in [-0.05, 0) is 26.0 Å². The molecular formula is C16H16N8O2. The normalized spacial score (nSPS) is 11.2. The number of imidazole rings is 1. The van der Waals surface area contributed by atoms with E-state index in [9.17, 15) is 4.79 Å². The van der Waals surface area contributed by atoms with Gasteiger partial charge in [0.15, 0.2) is 5.82 Å². The second-order valence-corrected chi connectivity index (χ2v) is 5.80. The second-order valence-electron chi connectivity index (χ2n) is 5.80. The SMILES string of the molecule is CC(C)OC(=O)Nc1nnc2c(Nc3nc4ccccc4[nH]3)nccn12. The van der Waals surface area contributed by atoms with Gasteiger partial charge in [-0.1, -0.05) is 12.1 Å². The highest BCUT2D eigenvalue weighted by Crippen LogP contribution is 2.20. The van der Waals surface area contributed by atoms with Gasteiger partial charge in [0.2, 0.25) is 17.5 Å². The number of para-hydroxylation sites is 2. The molecule has 3 aromatic heterocycles. The lowest BCUT2D eigenvalue weighted by atomic mass is 10.3. The predicted octanol–water partition coefficient (Wildman–Crippen LogP) is 2.70. The Bertz CT molecular complexity index is 1050. The smallest absolute Gasteiger partial charge is 0.414 e. The summed E-state index contributed by atoms with van der Waals surface area (Å²) in [6, 6.07) is 7.68. The molecule has 0 bridgehead atoms. The van der Waals surface area contributed by atoms with Crippen LogP contribution in [0, 0.1) is 0 Å². The standard InChI is InChI=1S/C16H16N8O2/c1-9(2)26-16(25)21-15-23-22-13-12(17-7-8-24(13)15)20-14-18-10-5-3-4-6-11(10)19-14/h3-9H,1-2H3,(H,21,23,25)(H2,17,18,19,20). The first-order valence-corrected chi connectivity index (χ1v) is 7.99. The molecule has 0 radical (unpaired) electrons. The predicted molar refractivity (Wildman–Crippen MR) is 95.4 cm³/mol. The van der Waals surface area contributed by atoms with Crippen molar-refractivity contribution in [2.45, 2.75) is 20.0 Å². The number of carbonyl (C=O) groups is 1. The van der Waals surface area contributed by atoms with Crippen LogP contribution in [0.2, 0.25) is 0 Å². The van der Waals surface area contributed by atoms with Crippen LogP contribution in [0.4, 0.5) is 22.5 Å². The zero-order valence-corrected chi connectivity index (χ0v) is 14.1. The molecule has 0 aliphatic rings. The van der Waals surface area contributed by atoms with Crippen molar-refractivity contribution in [3.63, 3.8) is 0 Å². The van der Waals surface area contributed by atoms with Gasteiger partial charge < -0.3 is 15.0 Å². The van der Waals surface area contributed by atoms with Crippen LogP contribution in [-0.2, 0) is 4.74 Å². The Kier molecular flexibility index (Phi) is 3.84. The van der Waals surface area contributed by atoms with Crippen LogP contribution >= 0.6 is 0 Å². The highest BCUT2D eigenvalue weighted by atomic mass is 16.6. The number of amides is 1. The van der Waals surface area contributed by atoms with Gasteiger partial charge >= 0.3 is 6.09 Å². The van der Waals surface area contributed by atoms with E-state index < -0.39 is 6.09 Å². The molecular weight excluding hydrogens is 336 g/mol. The largest absolute Gasteiger partial charge is 0.447 e. The Morgan fingerprint density at radius 2 is 2.12 bits per heavy atom. The average molecular weight is 352 g/mol. The van der Waals surface area contributed by atoms with Crippen molar-refractivity contribution in [3.05, 3.63) is 36.7 Å². The number of rotatable bonds is 4. The number of aromatic nitrogens is 6. The summed E-state index contributed by atoms with van der Waals surface area (Å²) in [6.45, 7) is 3.53. The minimum atomic E-state index is -0.599. The molecule has 132 valence electrons. The quantitative estimate of drug-likeness (QED) is 0.516. The molecule has 26 heavy (non-hydrogen) atoms. The molecule has 0 saturated heterocycles. The highest BCUT2D eigenvalue weighted by Gasteiger charge is 2.15. The molecule has 3 heterocycles. The third-order valence-corrected chi connectivity index (χ3v) is 3.51. The van der Waals surface area contributed by atoms with E-state index >= 15 is 0 Å². The Balaban J connectivity index is 1.63. The number of hydrogen-bond acceptors (Lipinski definition) is 7. The van der Waals surface area contributed by atoms with E-state index in [1.165, 1.54) is 0 Å². The lowest BCUT2D eigenvalue weighted by Crippen LogP contribution is -2.19.